The Morgan fingerprint density at radius 1 is 1.15 bits per heavy atom. The van der Waals surface area contributed by atoms with Crippen LogP contribution < -0.4 is 15.8 Å². The largest absolute Gasteiger partial charge is 0.417 e. The Kier molecular flexibility index (Phi) is 4.27. The molecule has 0 spiro atoms. The van der Waals surface area contributed by atoms with Gasteiger partial charge < -0.3 is 10.5 Å². The summed E-state index contributed by atoms with van der Waals surface area (Å²) in [5, 5.41) is 2.41. The number of nitrogens with one attached hydrogen (secondary N) is 1. The molecule has 0 aromatic heterocycles. The van der Waals surface area contributed by atoms with Gasteiger partial charge in [-0.15, -0.1) is 0 Å². The van der Waals surface area contributed by atoms with Gasteiger partial charge in [-0.2, -0.15) is 0 Å². The van der Waals surface area contributed by atoms with Crippen molar-refractivity contribution in [1.82, 2.24) is 0 Å². The smallest absolute Gasteiger partial charge is 0.410 e. The second-order valence-corrected chi connectivity index (χ2v) is 4.29. The van der Waals surface area contributed by atoms with E-state index in [4.69, 9.17) is 22.7 Å². The molecule has 0 aliphatic rings. The first-order valence-electron chi connectivity index (χ1n) is 5.70. The number of halogens is 1. The molecule has 0 aliphatic heterocycles. The van der Waals surface area contributed by atoms with Crippen molar-refractivity contribution in [2.75, 3.05) is 5.32 Å². The van der Waals surface area contributed by atoms with Crippen LogP contribution in [0.5, 0.6) is 5.75 Å². The van der Waals surface area contributed by atoms with Crippen LogP contribution in [-0.2, 0) is 0 Å². The summed E-state index contributed by atoms with van der Waals surface area (Å²) in [5.74, 6) is -0.228. The van der Waals surface area contributed by atoms with E-state index in [1.807, 2.05) is 0 Å². The third kappa shape index (κ3) is 3.30. The van der Waals surface area contributed by atoms with Crippen LogP contribution in [0.2, 0.25) is 0 Å². The lowest BCUT2D eigenvalue weighted by Crippen LogP contribution is -2.21. The molecule has 0 bridgehead atoms. The molecule has 1 amide bonds. The van der Waals surface area contributed by atoms with Crippen LogP contribution in [0.25, 0.3) is 0 Å². The van der Waals surface area contributed by atoms with Gasteiger partial charge in [0.25, 0.3) is 0 Å². The summed E-state index contributed by atoms with van der Waals surface area (Å²) in [6.07, 6.45) is -0.751. The van der Waals surface area contributed by atoms with Crippen molar-refractivity contribution in [3.8, 4) is 5.75 Å². The molecule has 0 aliphatic carbocycles. The number of carbonyl (C=O) groups is 1. The van der Waals surface area contributed by atoms with E-state index in [1.54, 1.807) is 30.3 Å². The summed E-state index contributed by atoms with van der Waals surface area (Å²) >= 11 is 4.77. The molecule has 3 N–H and O–H groups in total. The van der Waals surface area contributed by atoms with Crippen LogP contribution >= 0.6 is 12.2 Å². The van der Waals surface area contributed by atoms with E-state index in [0.29, 0.717) is 5.75 Å². The van der Waals surface area contributed by atoms with Crippen molar-refractivity contribution in [3.05, 3.63) is 59.9 Å². The SMILES string of the molecule is NC(=S)c1c(F)cccc1NC(=O)Oc1ccccc1. The minimum Gasteiger partial charge on any atom is -0.410 e. The lowest BCUT2D eigenvalue weighted by molar-refractivity contribution is 0.215. The molecular formula is C14H11FN2O2S. The molecule has 0 unspecified atom stereocenters. The van der Waals surface area contributed by atoms with Crippen molar-refractivity contribution in [2.45, 2.75) is 0 Å². The Hall–Kier alpha value is -2.47. The number of hydrogen-bond donors (Lipinski definition) is 2. The first kappa shape index (κ1) is 14.0. The highest BCUT2D eigenvalue weighted by atomic mass is 32.1. The normalized spacial score (nSPS) is 9.85. The maximum absolute atomic E-state index is 13.6. The van der Waals surface area contributed by atoms with E-state index >= 15 is 0 Å². The third-order valence-corrected chi connectivity index (χ3v) is 2.65. The molecule has 2 aromatic carbocycles. The van der Waals surface area contributed by atoms with E-state index in [-0.39, 0.29) is 16.2 Å². The van der Waals surface area contributed by atoms with Crippen molar-refractivity contribution in [1.29, 1.82) is 0 Å². The van der Waals surface area contributed by atoms with Gasteiger partial charge in [0, 0.05) is 0 Å². The van der Waals surface area contributed by atoms with Gasteiger partial charge in [0.2, 0.25) is 0 Å². The van der Waals surface area contributed by atoms with Gasteiger partial charge in [0.15, 0.2) is 0 Å². The van der Waals surface area contributed by atoms with Gasteiger partial charge in [-0.1, -0.05) is 36.5 Å². The summed E-state index contributed by atoms with van der Waals surface area (Å²) in [6, 6.07) is 12.6. The number of ether oxygens (including phenoxy) is 1. The first-order chi connectivity index (χ1) is 9.58. The zero-order valence-corrected chi connectivity index (χ0v) is 11.1. The van der Waals surface area contributed by atoms with Crippen molar-refractivity contribution in [2.24, 2.45) is 5.73 Å². The molecule has 6 heteroatoms. The highest BCUT2D eigenvalue weighted by Crippen LogP contribution is 2.19. The molecule has 2 aromatic rings. The third-order valence-electron chi connectivity index (χ3n) is 2.45. The quantitative estimate of drug-likeness (QED) is 0.853. The van der Waals surface area contributed by atoms with Gasteiger partial charge >= 0.3 is 6.09 Å². The lowest BCUT2D eigenvalue weighted by atomic mass is 10.1. The molecule has 102 valence electrons. The Morgan fingerprint density at radius 2 is 1.85 bits per heavy atom. The van der Waals surface area contributed by atoms with Gasteiger partial charge in [-0.25, -0.2) is 9.18 Å². The number of carbonyl (C=O) groups excluding carboxylic acids is 1. The highest BCUT2D eigenvalue weighted by Gasteiger charge is 2.14. The van der Waals surface area contributed by atoms with Crippen LogP contribution in [0.3, 0.4) is 0 Å². The molecule has 2 rings (SSSR count). The second kappa shape index (κ2) is 6.12. The highest BCUT2D eigenvalue weighted by molar-refractivity contribution is 7.80. The van der Waals surface area contributed by atoms with Crippen molar-refractivity contribution >= 4 is 29.0 Å². The summed E-state index contributed by atoms with van der Waals surface area (Å²) in [6.45, 7) is 0. The van der Waals surface area contributed by atoms with E-state index in [0.717, 1.165) is 0 Å². The standard InChI is InChI=1S/C14H11FN2O2S/c15-10-7-4-8-11(12(10)13(16)20)17-14(18)19-9-5-2-1-3-6-9/h1-8H,(H2,16,20)(H,17,18). The number of amides is 1. The number of thiocarbonyl (C=S) groups is 1. The fourth-order valence-corrected chi connectivity index (χ4v) is 1.82. The van der Waals surface area contributed by atoms with E-state index in [9.17, 15) is 9.18 Å². The molecule has 0 radical (unpaired) electrons. The number of benzene rings is 2. The fourth-order valence-electron chi connectivity index (χ4n) is 1.61. The Labute approximate surface area is 120 Å². The zero-order chi connectivity index (χ0) is 14.5. The van der Waals surface area contributed by atoms with Gasteiger partial charge in [-0.3, -0.25) is 5.32 Å². The van der Waals surface area contributed by atoms with E-state index in [1.165, 1.54) is 18.2 Å². The molecule has 4 nitrogen and oxygen atoms in total. The summed E-state index contributed by atoms with van der Waals surface area (Å²) in [7, 11) is 0. The average Bonchev–Trinajstić information content (AvgIpc) is 2.39. The zero-order valence-electron chi connectivity index (χ0n) is 10.3. The average molecular weight is 290 g/mol. The van der Waals surface area contributed by atoms with Crippen molar-refractivity contribution in [3.63, 3.8) is 0 Å². The molecule has 20 heavy (non-hydrogen) atoms. The molecule has 0 atom stereocenters. The number of anilines is 1. The number of rotatable bonds is 3. The minimum atomic E-state index is -0.751. The fraction of sp³-hybridized carbons (Fsp3) is 0. The maximum Gasteiger partial charge on any atom is 0.417 e. The Morgan fingerprint density at radius 3 is 2.50 bits per heavy atom. The summed E-state index contributed by atoms with van der Waals surface area (Å²) in [4.78, 5) is 11.6. The number of hydrogen-bond acceptors (Lipinski definition) is 3. The monoisotopic (exact) mass is 290 g/mol. The first-order valence-corrected chi connectivity index (χ1v) is 6.11. The second-order valence-electron chi connectivity index (χ2n) is 3.85. The van der Waals surface area contributed by atoms with Crippen LogP contribution in [0.1, 0.15) is 5.56 Å². The van der Waals surface area contributed by atoms with E-state index in [2.05, 4.69) is 5.32 Å². The topological polar surface area (TPSA) is 64.3 Å². The molecule has 0 saturated heterocycles. The van der Waals surface area contributed by atoms with Crippen LogP contribution in [0.15, 0.2) is 48.5 Å². The maximum atomic E-state index is 13.6. The summed E-state index contributed by atoms with van der Waals surface area (Å²) in [5.41, 5.74) is 5.59. The number of para-hydroxylation sites is 1. The number of nitrogens with two attached hydrogens (primary N) is 1. The Balaban J connectivity index is 2.16. The predicted molar refractivity (Wildman–Crippen MR) is 78.4 cm³/mol. The minimum absolute atomic E-state index is 0.0208. The van der Waals surface area contributed by atoms with Crippen LogP contribution in [-0.4, -0.2) is 11.1 Å². The van der Waals surface area contributed by atoms with Gasteiger partial charge in [-0.05, 0) is 24.3 Å². The predicted octanol–water partition coefficient (Wildman–Crippen LogP) is 3.07. The van der Waals surface area contributed by atoms with Gasteiger partial charge in [0.1, 0.15) is 16.6 Å². The molecule has 0 saturated carbocycles. The van der Waals surface area contributed by atoms with Crippen LogP contribution in [0, 0.1) is 5.82 Å². The molecule has 0 fully saturated rings. The lowest BCUT2D eigenvalue weighted by Gasteiger charge is -2.11. The van der Waals surface area contributed by atoms with Crippen molar-refractivity contribution < 1.29 is 13.9 Å². The van der Waals surface area contributed by atoms with E-state index < -0.39 is 11.9 Å². The van der Waals surface area contributed by atoms with Crippen LogP contribution in [0.4, 0.5) is 14.9 Å². The Bertz CT molecular complexity index is 647. The van der Waals surface area contributed by atoms with Gasteiger partial charge in [0.05, 0.1) is 11.3 Å². The molecular weight excluding hydrogens is 279 g/mol. The summed E-state index contributed by atoms with van der Waals surface area (Å²) < 4.78 is 18.7. The molecule has 0 heterocycles.